The Balaban J connectivity index is 1.54. The van der Waals surface area contributed by atoms with Gasteiger partial charge in [0.25, 0.3) is 5.91 Å². The number of carbonyl (C=O) groups excluding carboxylic acids is 1. The summed E-state index contributed by atoms with van der Waals surface area (Å²) in [7, 11) is 0. The molecule has 1 saturated heterocycles. The van der Waals surface area contributed by atoms with Crippen LogP contribution in [0.2, 0.25) is 0 Å². The Labute approximate surface area is 159 Å². The highest BCUT2D eigenvalue weighted by Crippen LogP contribution is 2.30. The van der Waals surface area contributed by atoms with Crippen molar-refractivity contribution in [1.29, 1.82) is 0 Å². The lowest BCUT2D eigenvalue weighted by Gasteiger charge is -2.24. The van der Waals surface area contributed by atoms with Crippen LogP contribution in [0.3, 0.4) is 0 Å². The summed E-state index contributed by atoms with van der Waals surface area (Å²) in [5.74, 6) is -1.65. The summed E-state index contributed by atoms with van der Waals surface area (Å²) >= 11 is 0. The van der Waals surface area contributed by atoms with E-state index in [-0.39, 0.29) is 37.9 Å². The number of nitrogens with zero attached hydrogens (tertiary/aromatic N) is 3. The van der Waals surface area contributed by atoms with Gasteiger partial charge in [-0.1, -0.05) is 12.1 Å². The van der Waals surface area contributed by atoms with Gasteiger partial charge in [0.05, 0.1) is 12.6 Å². The second-order valence-corrected chi connectivity index (χ2v) is 6.64. The molecule has 2 N–H and O–H groups in total. The first-order valence-corrected chi connectivity index (χ1v) is 8.89. The van der Waals surface area contributed by atoms with Gasteiger partial charge in [0, 0.05) is 25.7 Å². The van der Waals surface area contributed by atoms with Gasteiger partial charge in [-0.3, -0.25) is 15.2 Å². The number of alkyl halides is 3. The molecule has 0 spiro atoms. The van der Waals surface area contributed by atoms with Crippen LogP contribution in [0.25, 0.3) is 0 Å². The molecule has 1 fully saturated rings. The SMILES string of the molecule is O=C(COc1ccc(CO)cc1)N1CCC(N=C2NN=CCC2C(F)(F)F)C1. The number of benzene rings is 1. The highest BCUT2D eigenvalue weighted by molar-refractivity contribution is 5.90. The van der Waals surface area contributed by atoms with Crippen LogP contribution in [0.5, 0.6) is 5.75 Å². The Kier molecular flexibility index (Phi) is 6.18. The molecule has 152 valence electrons. The molecule has 0 aromatic heterocycles. The molecule has 0 bridgehead atoms. The van der Waals surface area contributed by atoms with Gasteiger partial charge >= 0.3 is 6.18 Å². The Morgan fingerprint density at radius 3 is 2.79 bits per heavy atom. The van der Waals surface area contributed by atoms with Crippen molar-refractivity contribution >= 4 is 18.0 Å². The summed E-state index contributed by atoms with van der Waals surface area (Å²) in [6.45, 7) is 0.403. The Hall–Kier alpha value is -2.62. The van der Waals surface area contributed by atoms with Gasteiger partial charge in [0.2, 0.25) is 0 Å². The number of hydrogen-bond acceptors (Lipinski definition) is 5. The molecule has 2 atom stereocenters. The lowest BCUT2D eigenvalue weighted by molar-refractivity contribution is -0.154. The second kappa shape index (κ2) is 8.59. The van der Waals surface area contributed by atoms with Gasteiger partial charge in [-0.15, -0.1) is 0 Å². The van der Waals surface area contributed by atoms with Crippen molar-refractivity contribution in [3.8, 4) is 5.75 Å². The summed E-state index contributed by atoms with van der Waals surface area (Å²) < 4.78 is 44.7. The van der Waals surface area contributed by atoms with E-state index in [2.05, 4.69) is 15.5 Å². The van der Waals surface area contributed by atoms with E-state index in [9.17, 15) is 18.0 Å². The van der Waals surface area contributed by atoms with Crippen LogP contribution >= 0.6 is 0 Å². The number of halogens is 3. The van der Waals surface area contributed by atoms with Crippen LogP contribution in [0.4, 0.5) is 13.2 Å². The van der Waals surface area contributed by atoms with Crippen molar-refractivity contribution in [3.63, 3.8) is 0 Å². The van der Waals surface area contributed by atoms with Crippen molar-refractivity contribution in [2.45, 2.75) is 31.7 Å². The zero-order valence-corrected chi connectivity index (χ0v) is 15.0. The van der Waals surface area contributed by atoms with Gasteiger partial charge in [0.15, 0.2) is 6.61 Å². The number of amides is 1. The van der Waals surface area contributed by atoms with Crippen LogP contribution in [-0.2, 0) is 11.4 Å². The van der Waals surface area contributed by atoms with Crippen molar-refractivity contribution in [1.82, 2.24) is 10.3 Å². The number of ether oxygens (including phenoxy) is 1. The number of carbonyl (C=O) groups is 1. The van der Waals surface area contributed by atoms with Crippen LogP contribution < -0.4 is 10.2 Å². The van der Waals surface area contributed by atoms with Crippen LogP contribution in [-0.4, -0.2) is 59.9 Å². The van der Waals surface area contributed by atoms with Crippen molar-refractivity contribution in [3.05, 3.63) is 29.8 Å². The number of amidine groups is 1. The molecule has 2 unspecified atom stereocenters. The zero-order chi connectivity index (χ0) is 20.1. The molecule has 2 heterocycles. The van der Waals surface area contributed by atoms with Crippen LogP contribution in [0, 0.1) is 5.92 Å². The number of likely N-dealkylation sites (tertiary alicyclic amines) is 1. The van der Waals surface area contributed by atoms with E-state index in [0.717, 1.165) is 5.56 Å². The number of aliphatic imine (C=N–C) groups is 1. The van der Waals surface area contributed by atoms with Crippen molar-refractivity contribution in [2.24, 2.45) is 16.0 Å². The quantitative estimate of drug-likeness (QED) is 0.791. The summed E-state index contributed by atoms with van der Waals surface area (Å²) in [4.78, 5) is 18.0. The smallest absolute Gasteiger partial charge is 0.399 e. The van der Waals surface area contributed by atoms with Gasteiger partial charge in [-0.25, -0.2) is 0 Å². The Morgan fingerprint density at radius 2 is 2.11 bits per heavy atom. The number of aliphatic hydroxyl groups excluding tert-OH is 1. The van der Waals surface area contributed by atoms with Gasteiger partial charge < -0.3 is 14.7 Å². The Morgan fingerprint density at radius 1 is 1.36 bits per heavy atom. The van der Waals surface area contributed by atoms with E-state index < -0.39 is 18.1 Å². The minimum Gasteiger partial charge on any atom is -0.484 e. The predicted molar refractivity (Wildman–Crippen MR) is 96.1 cm³/mol. The molecule has 7 nitrogen and oxygen atoms in total. The first-order valence-electron chi connectivity index (χ1n) is 8.89. The molecule has 1 aromatic carbocycles. The number of hydrazone groups is 1. The molecule has 0 aliphatic carbocycles. The average molecular weight is 398 g/mol. The normalized spacial score (nSPS) is 23.7. The molecule has 0 saturated carbocycles. The number of nitrogens with one attached hydrogen (secondary N) is 1. The maximum Gasteiger partial charge on any atom is 0.399 e. The van der Waals surface area contributed by atoms with Crippen LogP contribution in [0.1, 0.15) is 18.4 Å². The van der Waals surface area contributed by atoms with E-state index in [4.69, 9.17) is 9.84 Å². The summed E-state index contributed by atoms with van der Waals surface area (Å²) in [6.07, 6.45) is -2.97. The standard InChI is InChI=1S/C18H21F3N4O3/c19-18(20,21)15-5-7-22-24-17(15)23-13-6-8-25(9-13)16(27)11-28-14-3-1-12(10-26)2-4-14/h1-4,7,13,15,26H,5-6,8-11H2,(H,23,24). The molecule has 10 heteroatoms. The summed E-state index contributed by atoms with van der Waals surface area (Å²) in [5.41, 5.74) is 3.09. The van der Waals surface area contributed by atoms with Crippen molar-refractivity contribution < 1.29 is 27.8 Å². The third kappa shape index (κ3) is 5.00. The molecule has 3 rings (SSSR count). The largest absolute Gasteiger partial charge is 0.484 e. The van der Waals surface area contributed by atoms with E-state index in [1.165, 1.54) is 11.1 Å². The predicted octanol–water partition coefficient (Wildman–Crippen LogP) is 1.71. The second-order valence-electron chi connectivity index (χ2n) is 6.64. The summed E-state index contributed by atoms with van der Waals surface area (Å²) in [6, 6.07) is 6.29. The fourth-order valence-electron chi connectivity index (χ4n) is 3.06. The highest BCUT2D eigenvalue weighted by atomic mass is 19.4. The van der Waals surface area contributed by atoms with E-state index in [0.29, 0.717) is 18.7 Å². The third-order valence-electron chi connectivity index (χ3n) is 4.64. The van der Waals surface area contributed by atoms with E-state index >= 15 is 0 Å². The lowest BCUT2D eigenvalue weighted by Crippen LogP contribution is -2.41. The van der Waals surface area contributed by atoms with E-state index in [1.807, 2.05) is 0 Å². The maximum absolute atomic E-state index is 13.1. The highest BCUT2D eigenvalue weighted by Gasteiger charge is 2.44. The number of rotatable bonds is 5. The molecule has 1 aromatic rings. The first kappa shape index (κ1) is 20.1. The van der Waals surface area contributed by atoms with Gasteiger partial charge in [0.1, 0.15) is 17.5 Å². The molecule has 0 radical (unpaired) electrons. The molecule has 2 aliphatic rings. The summed E-state index contributed by atoms with van der Waals surface area (Å²) in [5, 5.41) is 12.7. The van der Waals surface area contributed by atoms with Gasteiger partial charge in [-0.05, 0) is 24.1 Å². The fraction of sp³-hybridized carbons (Fsp3) is 0.500. The average Bonchev–Trinajstić information content (AvgIpc) is 3.14. The monoisotopic (exact) mass is 398 g/mol. The van der Waals surface area contributed by atoms with Crippen LogP contribution in [0.15, 0.2) is 34.4 Å². The molecular formula is C18H21F3N4O3. The third-order valence-corrected chi connectivity index (χ3v) is 4.64. The minimum atomic E-state index is -4.40. The molecule has 1 amide bonds. The topological polar surface area (TPSA) is 86.5 Å². The molecular weight excluding hydrogens is 377 g/mol. The molecule has 28 heavy (non-hydrogen) atoms. The lowest BCUT2D eigenvalue weighted by atomic mass is 10.0. The molecule has 2 aliphatic heterocycles. The van der Waals surface area contributed by atoms with Crippen molar-refractivity contribution in [2.75, 3.05) is 19.7 Å². The first-order chi connectivity index (χ1) is 13.4. The van der Waals surface area contributed by atoms with Gasteiger partial charge in [-0.2, -0.15) is 18.3 Å². The Bertz CT molecular complexity index is 749. The fourth-order valence-corrected chi connectivity index (χ4v) is 3.06. The minimum absolute atomic E-state index is 0.0771. The number of aliphatic hydroxyl groups is 1. The maximum atomic E-state index is 13.1. The zero-order valence-electron chi connectivity index (χ0n) is 15.0. The van der Waals surface area contributed by atoms with E-state index in [1.54, 1.807) is 24.3 Å². The number of hydrogen-bond donors (Lipinski definition) is 2.